The van der Waals surface area contributed by atoms with Gasteiger partial charge in [-0.3, -0.25) is 4.79 Å². The molecule has 2 aromatic carbocycles. The zero-order chi connectivity index (χ0) is 21.5. The van der Waals surface area contributed by atoms with Gasteiger partial charge in [-0.1, -0.05) is 23.7 Å². The van der Waals surface area contributed by atoms with Crippen molar-refractivity contribution in [1.29, 1.82) is 0 Å². The summed E-state index contributed by atoms with van der Waals surface area (Å²) in [6, 6.07) is 16.9. The molecule has 0 fully saturated rings. The maximum Gasteiger partial charge on any atom is 0.258 e. The predicted octanol–water partition coefficient (Wildman–Crippen LogP) is 5.33. The van der Waals surface area contributed by atoms with E-state index in [2.05, 4.69) is 10.4 Å². The van der Waals surface area contributed by atoms with Crippen molar-refractivity contribution in [1.82, 2.24) is 14.7 Å². The van der Waals surface area contributed by atoms with Gasteiger partial charge >= 0.3 is 0 Å². The molecule has 3 heterocycles. The lowest BCUT2D eigenvalue weighted by Crippen LogP contribution is -2.42. The van der Waals surface area contributed by atoms with Crippen molar-refractivity contribution in [3.05, 3.63) is 100 Å². The van der Waals surface area contributed by atoms with Gasteiger partial charge in [0.2, 0.25) is 0 Å². The fourth-order valence-corrected chi connectivity index (χ4v) is 4.20. The second kappa shape index (κ2) is 7.59. The number of hydrogen-bond acceptors (Lipinski definition) is 4. The third-order valence-electron chi connectivity index (χ3n) is 5.32. The van der Waals surface area contributed by atoms with Gasteiger partial charge in [0.25, 0.3) is 5.91 Å². The van der Waals surface area contributed by atoms with Gasteiger partial charge in [0.15, 0.2) is 0 Å². The van der Waals surface area contributed by atoms with Crippen LogP contribution in [0.1, 0.15) is 33.5 Å². The SMILES string of the molecule is Cc1nn(-c2ccc(F)cc2)c(Cl)c1C1Nc2ccccc2C(=O)N1Cc1ccco1. The third kappa shape index (κ3) is 3.37. The Labute approximate surface area is 182 Å². The molecule has 156 valence electrons. The number of hydrogen-bond donors (Lipinski definition) is 1. The maximum atomic E-state index is 13.4. The van der Waals surface area contributed by atoms with E-state index in [-0.39, 0.29) is 18.3 Å². The van der Waals surface area contributed by atoms with E-state index in [1.807, 2.05) is 31.2 Å². The van der Waals surface area contributed by atoms with Crippen molar-refractivity contribution in [2.45, 2.75) is 19.6 Å². The minimum Gasteiger partial charge on any atom is -0.467 e. The Hall–Kier alpha value is -3.58. The molecule has 1 amide bonds. The number of amides is 1. The largest absolute Gasteiger partial charge is 0.467 e. The highest BCUT2D eigenvalue weighted by atomic mass is 35.5. The summed E-state index contributed by atoms with van der Waals surface area (Å²) in [5.74, 6) is 0.171. The molecule has 1 unspecified atom stereocenters. The number of furan rings is 1. The Balaban J connectivity index is 1.61. The lowest BCUT2D eigenvalue weighted by molar-refractivity contribution is 0.0651. The van der Waals surface area contributed by atoms with E-state index >= 15 is 0 Å². The van der Waals surface area contributed by atoms with Crippen LogP contribution in [0.3, 0.4) is 0 Å². The summed E-state index contributed by atoms with van der Waals surface area (Å²) in [4.78, 5) is 15.1. The Morgan fingerprint density at radius 3 is 2.65 bits per heavy atom. The lowest BCUT2D eigenvalue weighted by Gasteiger charge is -2.37. The van der Waals surface area contributed by atoms with Crippen molar-refractivity contribution in [2.24, 2.45) is 0 Å². The third-order valence-corrected chi connectivity index (χ3v) is 5.68. The molecule has 0 saturated carbocycles. The number of nitrogens with zero attached hydrogens (tertiary/aromatic N) is 3. The van der Waals surface area contributed by atoms with E-state index < -0.39 is 6.17 Å². The van der Waals surface area contributed by atoms with Crippen LogP contribution in [0.5, 0.6) is 0 Å². The number of carbonyl (C=O) groups is 1. The Morgan fingerprint density at radius 2 is 1.90 bits per heavy atom. The summed E-state index contributed by atoms with van der Waals surface area (Å²) >= 11 is 6.76. The number of aryl methyl sites for hydroxylation is 1. The first-order chi connectivity index (χ1) is 15.0. The summed E-state index contributed by atoms with van der Waals surface area (Å²) in [6.07, 6.45) is 1.01. The number of halogens is 2. The van der Waals surface area contributed by atoms with E-state index in [1.54, 1.807) is 40.1 Å². The summed E-state index contributed by atoms with van der Waals surface area (Å²) < 4.78 is 20.4. The van der Waals surface area contributed by atoms with Crippen molar-refractivity contribution in [2.75, 3.05) is 5.32 Å². The molecule has 0 aliphatic carbocycles. The van der Waals surface area contributed by atoms with Crippen molar-refractivity contribution in [3.8, 4) is 5.69 Å². The van der Waals surface area contributed by atoms with Crippen LogP contribution in [0.4, 0.5) is 10.1 Å². The Morgan fingerprint density at radius 1 is 1.13 bits per heavy atom. The number of anilines is 1. The van der Waals surface area contributed by atoms with E-state index in [1.165, 1.54) is 12.1 Å². The van der Waals surface area contributed by atoms with Crippen LogP contribution in [0.25, 0.3) is 5.69 Å². The predicted molar refractivity (Wildman–Crippen MR) is 115 cm³/mol. The minimum atomic E-state index is -0.561. The quantitative estimate of drug-likeness (QED) is 0.469. The zero-order valence-electron chi connectivity index (χ0n) is 16.5. The van der Waals surface area contributed by atoms with Crippen molar-refractivity contribution in [3.63, 3.8) is 0 Å². The molecule has 8 heteroatoms. The van der Waals surface area contributed by atoms with Gasteiger partial charge in [-0.15, -0.1) is 0 Å². The average Bonchev–Trinajstić information content (AvgIpc) is 3.38. The number of benzene rings is 2. The molecule has 6 nitrogen and oxygen atoms in total. The molecule has 0 bridgehead atoms. The van der Waals surface area contributed by atoms with E-state index in [0.717, 1.165) is 5.69 Å². The minimum absolute atomic E-state index is 0.138. The molecule has 2 aromatic heterocycles. The normalized spacial score (nSPS) is 15.6. The number of nitrogens with one attached hydrogen (secondary N) is 1. The van der Waals surface area contributed by atoms with Crippen LogP contribution in [-0.4, -0.2) is 20.6 Å². The topological polar surface area (TPSA) is 63.3 Å². The molecule has 1 aliphatic rings. The molecule has 4 aromatic rings. The standard InChI is InChI=1S/C23H18ClFN4O2/c1-14-20(21(24)29(27-14)16-10-8-15(25)9-11-16)22-26-19-7-3-2-6-18(19)23(30)28(22)13-17-5-4-12-31-17/h2-12,22,26H,13H2,1H3. The Kier molecular flexibility index (Phi) is 4.75. The average molecular weight is 437 g/mol. The first kappa shape index (κ1) is 19.4. The monoisotopic (exact) mass is 436 g/mol. The number of aromatic nitrogens is 2. The van der Waals surface area contributed by atoms with Crippen LogP contribution in [0, 0.1) is 12.7 Å². The first-order valence-electron chi connectivity index (χ1n) is 9.73. The van der Waals surface area contributed by atoms with Crippen LogP contribution >= 0.6 is 11.6 Å². The smallest absolute Gasteiger partial charge is 0.258 e. The van der Waals surface area contributed by atoms with Gasteiger partial charge < -0.3 is 14.6 Å². The highest BCUT2D eigenvalue weighted by Gasteiger charge is 2.37. The molecule has 0 saturated heterocycles. The summed E-state index contributed by atoms with van der Waals surface area (Å²) in [6.45, 7) is 2.09. The summed E-state index contributed by atoms with van der Waals surface area (Å²) in [5.41, 5.74) is 3.24. The molecule has 1 aliphatic heterocycles. The molecular formula is C23H18ClFN4O2. The highest BCUT2D eigenvalue weighted by Crippen LogP contribution is 2.39. The lowest BCUT2D eigenvalue weighted by atomic mass is 10.0. The number of rotatable bonds is 4. The summed E-state index contributed by atoms with van der Waals surface area (Å²) in [5, 5.41) is 8.33. The maximum absolute atomic E-state index is 13.4. The van der Waals surface area contributed by atoms with E-state index in [0.29, 0.717) is 33.4 Å². The van der Waals surface area contributed by atoms with Crippen LogP contribution < -0.4 is 5.32 Å². The second-order valence-electron chi connectivity index (χ2n) is 7.28. The van der Waals surface area contributed by atoms with Crippen molar-refractivity contribution < 1.29 is 13.6 Å². The van der Waals surface area contributed by atoms with Gasteiger partial charge in [0.05, 0.1) is 35.3 Å². The van der Waals surface area contributed by atoms with Crippen LogP contribution in [0.15, 0.2) is 71.3 Å². The fourth-order valence-electron chi connectivity index (χ4n) is 3.83. The number of carbonyl (C=O) groups excluding carboxylic acids is 1. The second-order valence-corrected chi connectivity index (χ2v) is 7.64. The Bertz CT molecular complexity index is 1250. The van der Waals surface area contributed by atoms with Gasteiger partial charge in [-0.2, -0.15) is 5.10 Å². The number of para-hydroxylation sites is 1. The highest BCUT2D eigenvalue weighted by molar-refractivity contribution is 6.30. The number of fused-ring (bicyclic) bond motifs is 1. The molecular weight excluding hydrogens is 419 g/mol. The van der Waals surface area contributed by atoms with Gasteiger partial charge in [-0.25, -0.2) is 9.07 Å². The van der Waals surface area contributed by atoms with E-state index in [9.17, 15) is 9.18 Å². The van der Waals surface area contributed by atoms with Gasteiger partial charge in [0.1, 0.15) is 22.9 Å². The van der Waals surface area contributed by atoms with Gasteiger partial charge in [-0.05, 0) is 55.5 Å². The fraction of sp³-hybridized carbons (Fsp3) is 0.130. The molecule has 0 radical (unpaired) electrons. The van der Waals surface area contributed by atoms with Crippen LogP contribution in [-0.2, 0) is 6.54 Å². The van der Waals surface area contributed by atoms with Crippen LogP contribution in [0.2, 0.25) is 5.15 Å². The van der Waals surface area contributed by atoms with Crippen molar-refractivity contribution >= 4 is 23.2 Å². The first-order valence-corrected chi connectivity index (χ1v) is 10.1. The molecule has 1 atom stereocenters. The molecule has 0 spiro atoms. The van der Waals surface area contributed by atoms with Gasteiger partial charge in [0, 0.05) is 5.69 Å². The molecule has 31 heavy (non-hydrogen) atoms. The van der Waals surface area contributed by atoms with E-state index in [4.69, 9.17) is 16.0 Å². The zero-order valence-corrected chi connectivity index (χ0v) is 17.3. The molecule has 1 N–H and O–H groups in total. The summed E-state index contributed by atoms with van der Waals surface area (Å²) in [7, 11) is 0. The molecule has 5 rings (SSSR count).